The monoisotopic (exact) mass is 249 g/mol. The summed E-state index contributed by atoms with van der Waals surface area (Å²) in [4.78, 5) is 11.0. The molecule has 0 bridgehead atoms. The molecular formula is C12H11NO3S. The lowest BCUT2D eigenvalue weighted by Gasteiger charge is -2.28. The van der Waals surface area contributed by atoms with Crippen LogP contribution in [0.2, 0.25) is 0 Å². The first kappa shape index (κ1) is 11.6. The average molecular weight is 249 g/mol. The number of fused-ring (bicyclic) bond motifs is 1. The molecule has 4 nitrogen and oxygen atoms in total. The number of aliphatic hydroxyl groups is 1. The highest BCUT2D eigenvalue weighted by molar-refractivity contribution is 8.05. The van der Waals surface area contributed by atoms with Gasteiger partial charge in [-0.3, -0.25) is 0 Å². The maximum Gasteiger partial charge on any atom is 0.347 e. The zero-order valence-electron chi connectivity index (χ0n) is 8.96. The first-order valence-electron chi connectivity index (χ1n) is 4.97. The number of aliphatic carboxylic acids is 1. The van der Waals surface area contributed by atoms with E-state index in [4.69, 9.17) is 5.11 Å². The number of benzene rings is 1. The normalized spacial score (nSPS) is 14.5. The van der Waals surface area contributed by atoms with Gasteiger partial charge in [0.25, 0.3) is 0 Å². The number of carboxylic acid groups (broad SMARTS) is 1. The molecule has 1 aliphatic heterocycles. The maximum atomic E-state index is 11.0. The van der Waals surface area contributed by atoms with E-state index >= 15 is 0 Å². The second kappa shape index (κ2) is 4.55. The summed E-state index contributed by atoms with van der Waals surface area (Å²) < 4.78 is 1.78. The summed E-state index contributed by atoms with van der Waals surface area (Å²) in [5, 5.41) is 18.9. The van der Waals surface area contributed by atoms with Crippen molar-refractivity contribution < 1.29 is 15.0 Å². The van der Waals surface area contributed by atoms with Gasteiger partial charge in [-0.2, -0.15) is 0 Å². The fourth-order valence-corrected chi connectivity index (χ4v) is 2.54. The number of nitrogens with zero attached hydrogens (tertiary/aromatic N) is 1. The summed E-state index contributed by atoms with van der Waals surface area (Å²) in [6, 6.07) is 7.13. The van der Waals surface area contributed by atoms with Gasteiger partial charge in [-0.05, 0) is 24.1 Å². The molecule has 0 amide bonds. The highest BCUT2D eigenvalue weighted by Crippen LogP contribution is 2.41. The van der Waals surface area contributed by atoms with E-state index in [1.165, 1.54) is 0 Å². The molecule has 0 saturated carbocycles. The van der Waals surface area contributed by atoms with E-state index in [1.54, 1.807) is 22.5 Å². The molecule has 0 spiro atoms. The number of hydrogen-bond donors (Lipinski definition) is 2. The van der Waals surface area contributed by atoms with Crippen molar-refractivity contribution in [1.82, 2.24) is 0 Å². The predicted molar refractivity (Wildman–Crippen MR) is 68.8 cm³/mol. The van der Waals surface area contributed by atoms with E-state index in [0.29, 0.717) is 12.1 Å². The van der Waals surface area contributed by atoms with Crippen LogP contribution in [0.15, 0.2) is 41.8 Å². The SMILES string of the molecule is C=CCN1SC(C(=O)O)=C(O)c2ccccc21. The average Bonchev–Trinajstić information content (AvgIpc) is 2.33. The van der Waals surface area contributed by atoms with Gasteiger partial charge in [0.05, 0.1) is 5.69 Å². The Kier molecular flexibility index (Phi) is 3.10. The number of carbonyl (C=O) groups is 1. The summed E-state index contributed by atoms with van der Waals surface area (Å²) >= 11 is 1.01. The lowest BCUT2D eigenvalue weighted by molar-refractivity contribution is -0.131. The third-order valence-corrected chi connectivity index (χ3v) is 3.45. The van der Waals surface area contributed by atoms with Crippen molar-refractivity contribution >= 4 is 29.4 Å². The van der Waals surface area contributed by atoms with Crippen LogP contribution in [-0.4, -0.2) is 22.7 Å². The van der Waals surface area contributed by atoms with Crippen LogP contribution in [0.1, 0.15) is 5.56 Å². The van der Waals surface area contributed by atoms with Gasteiger partial charge in [0, 0.05) is 12.1 Å². The fourth-order valence-electron chi connectivity index (χ4n) is 1.61. The molecule has 1 aromatic carbocycles. The molecule has 0 aromatic heterocycles. The molecule has 0 radical (unpaired) electrons. The van der Waals surface area contributed by atoms with Crippen molar-refractivity contribution in [1.29, 1.82) is 0 Å². The van der Waals surface area contributed by atoms with Gasteiger partial charge in [-0.1, -0.05) is 18.2 Å². The molecule has 1 heterocycles. The summed E-state index contributed by atoms with van der Waals surface area (Å²) in [6.07, 6.45) is 1.69. The Balaban J connectivity index is 2.55. The Morgan fingerprint density at radius 1 is 1.47 bits per heavy atom. The summed E-state index contributed by atoms with van der Waals surface area (Å²) in [5.74, 6) is -1.31. The zero-order valence-corrected chi connectivity index (χ0v) is 9.78. The molecule has 0 saturated heterocycles. The number of carboxylic acids is 1. The summed E-state index contributed by atoms with van der Waals surface area (Å²) in [6.45, 7) is 4.14. The van der Waals surface area contributed by atoms with Crippen LogP contribution in [0.25, 0.3) is 5.76 Å². The van der Waals surface area contributed by atoms with Gasteiger partial charge in [-0.15, -0.1) is 6.58 Å². The van der Waals surface area contributed by atoms with Gasteiger partial charge in [0.1, 0.15) is 5.76 Å². The van der Waals surface area contributed by atoms with Crippen molar-refractivity contribution in [3.05, 3.63) is 47.4 Å². The molecule has 0 aliphatic carbocycles. The van der Waals surface area contributed by atoms with E-state index in [2.05, 4.69) is 6.58 Å². The van der Waals surface area contributed by atoms with Crippen molar-refractivity contribution in [2.45, 2.75) is 0 Å². The molecule has 88 valence electrons. The number of para-hydroxylation sites is 1. The van der Waals surface area contributed by atoms with E-state index in [9.17, 15) is 9.90 Å². The Hall–Kier alpha value is -1.88. The zero-order chi connectivity index (χ0) is 12.4. The number of aliphatic hydroxyl groups excluding tert-OH is 1. The van der Waals surface area contributed by atoms with Crippen LogP contribution in [0.5, 0.6) is 0 Å². The van der Waals surface area contributed by atoms with E-state index < -0.39 is 5.97 Å². The largest absolute Gasteiger partial charge is 0.506 e. The molecule has 1 aliphatic rings. The molecule has 0 fully saturated rings. The van der Waals surface area contributed by atoms with Crippen molar-refractivity contribution in [2.24, 2.45) is 0 Å². The van der Waals surface area contributed by atoms with Gasteiger partial charge >= 0.3 is 5.97 Å². The van der Waals surface area contributed by atoms with Crippen LogP contribution in [0, 0.1) is 0 Å². The van der Waals surface area contributed by atoms with Gasteiger partial charge in [0.2, 0.25) is 0 Å². The lowest BCUT2D eigenvalue weighted by atomic mass is 10.1. The lowest BCUT2D eigenvalue weighted by Crippen LogP contribution is -2.22. The summed E-state index contributed by atoms with van der Waals surface area (Å²) in [7, 11) is 0. The maximum absolute atomic E-state index is 11.0. The Morgan fingerprint density at radius 2 is 2.18 bits per heavy atom. The van der Waals surface area contributed by atoms with Crippen molar-refractivity contribution in [3.63, 3.8) is 0 Å². The minimum atomic E-state index is -1.13. The van der Waals surface area contributed by atoms with Crippen LogP contribution in [-0.2, 0) is 4.79 Å². The first-order chi connectivity index (χ1) is 8.15. The molecule has 5 heteroatoms. The minimum absolute atomic E-state index is 0.0643. The highest BCUT2D eigenvalue weighted by Gasteiger charge is 2.28. The van der Waals surface area contributed by atoms with Crippen molar-refractivity contribution in [2.75, 3.05) is 10.8 Å². The standard InChI is InChI=1S/C12H11NO3S/c1-2-7-13-9-6-4-3-5-8(9)10(14)11(17-13)12(15)16/h2-6,14H,1,7H2,(H,15,16). The van der Waals surface area contributed by atoms with Crippen LogP contribution < -0.4 is 4.31 Å². The van der Waals surface area contributed by atoms with Gasteiger partial charge in [-0.25, -0.2) is 4.79 Å². The molecule has 0 unspecified atom stereocenters. The predicted octanol–water partition coefficient (Wildman–Crippen LogP) is 2.65. The van der Waals surface area contributed by atoms with Crippen LogP contribution >= 0.6 is 11.9 Å². The highest BCUT2D eigenvalue weighted by atomic mass is 32.2. The first-order valence-corrected chi connectivity index (χ1v) is 5.75. The smallest absolute Gasteiger partial charge is 0.347 e. The third-order valence-electron chi connectivity index (χ3n) is 2.33. The van der Waals surface area contributed by atoms with E-state index in [-0.39, 0.29) is 10.7 Å². The van der Waals surface area contributed by atoms with E-state index in [0.717, 1.165) is 17.6 Å². The molecular weight excluding hydrogens is 238 g/mol. The van der Waals surface area contributed by atoms with Gasteiger partial charge < -0.3 is 14.5 Å². The Morgan fingerprint density at radius 3 is 2.82 bits per heavy atom. The number of rotatable bonds is 3. The molecule has 2 rings (SSSR count). The number of hydrogen-bond acceptors (Lipinski definition) is 4. The third kappa shape index (κ3) is 2.01. The molecule has 2 N–H and O–H groups in total. The van der Waals surface area contributed by atoms with Crippen LogP contribution in [0.4, 0.5) is 5.69 Å². The molecule has 1 aromatic rings. The number of anilines is 1. The topological polar surface area (TPSA) is 60.8 Å². The van der Waals surface area contributed by atoms with Crippen LogP contribution in [0.3, 0.4) is 0 Å². The molecule has 17 heavy (non-hydrogen) atoms. The second-order valence-electron chi connectivity index (χ2n) is 3.44. The van der Waals surface area contributed by atoms with Crippen molar-refractivity contribution in [3.8, 4) is 0 Å². The van der Waals surface area contributed by atoms with E-state index in [1.807, 2.05) is 12.1 Å². The fraction of sp³-hybridized carbons (Fsp3) is 0.0833. The second-order valence-corrected chi connectivity index (χ2v) is 4.47. The quantitative estimate of drug-likeness (QED) is 0.637. The summed E-state index contributed by atoms with van der Waals surface area (Å²) in [5.41, 5.74) is 1.32. The van der Waals surface area contributed by atoms with Gasteiger partial charge in [0.15, 0.2) is 4.91 Å². The Labute approximate surface area is 103 Å². The Bertz CT molecular complexity index is 510. The molecule has 0 atom stereocenters. The minimum Gasteiger partial charge on any atom is -0.506 e.